The van der Waals surface area contributed by atoms with E-state index in [0.29, 0.717) is 11.6 Å². The van der Waals surface area contributed by atoms with Crippen molar-refractivity contribution >= 4 is 0 Å². The van der Waals surface area contributed by atoms with Crippen molar-refractivity contribution in [1.82, 2.24) is 14.7 Å². The van der Waals surface area contributed by atoms with Crippen LogP contribution < -0.4 is 0 Å². The third-order valence-electron chi connectivity index (χ3n) is 4.71. The second kappa shape index (κ2) is 7.16. The predicted molar refractivity (Wildman–Crippen MR) is 93.4 cm³/mol. The Morgan fingerprint density at radius 2 is 1.36 bits per heavy atom. The molecule has 0 radical (unpaired) electrons. The fraction of sp³-hybridized carbons (Fsp3) is 1.00. The molecule has 0 spiro atoms. The molecule has 4 nitrogen and oxygen atoms in total. The topological polar surface area (TPSA) is 19.0 Å². The summed E-state index contributed by atoms with van der Waals surface area (Å²) in [5, 5.41) is 0. The van der Waals surface area contributed by atoms with Crippen LogP contribution in [-0.4, -0.2) is 84.3 Å². The monoisotopic (exact) mass is 311 g/mol. The number of nitrogens with zero attached hydrogens (tertiary/aromatic N) is 3. The van der Waals surface area contributed by atoms with Crippen molar-refractivity contribution < 1.29 is 4.74 Å². The lowest BCUT2D eigenvalue weighted by Gasteiger charge is -2.43. The molecule has 0 aromatic rings. The molecule has 4 heteroatoms. The van der Waals surface area contributed by atoms with Crippen LogP contribution in [0.15, 0.2) is 0 Å². The van der Waals surface area contributed by atoms with Crippen LogP contribution in [0.1, 0.15) is 48.0 Å². The Labute approximate surface area is 137 Å². The molecule has 2 rings (SSSR count). The molecule has 0 atom stereocenters. The van der Waals surface area contributed by atoms with Crippen LogP contribution in [0.2, 0.25) is 0 Å². The fourth-order valence-electron chi connectivity index (χ4n) is 3.44. The van der Waals surface area contributed by atoms with Gasteiger partial charge in [0, 0.05) is 44.8 Å². The molecule has 2 heterocycles. The lowest BCUT2D eigenvalue weighted by Crippen LogP contribution is -2.55. The van der Waals surface area contributed by atoms with Crippen molar-refractivity contribution in [3.05, 3.63) is 0 Å². The van der Waals surface area contributed by atoms with Crippen LogP contribution in [-0.2, 0) is 4.74 Å². The molecule has 2 aliphatic heterocycles. The third kappa shape index (κ3) is 5.80. The van der Waals surface area contributed by atoms with E-state index < -0.39 is 0 Å². The Hall–Kier alpha value is -0.160. The zero-order valence-electron chi connectivity index (χ0n) is 15.7. The maximum Gasteiger partial charge on any atom is 0.0835 e. The number of hydrogen-bond acceptors (Lipinski definition) is 4. The summed E-state index contributed by atoms with van der Waals surface area (Å²) >= 11 is 0. The summed E-state index contributed by atoms with van der Waals surface area (Å²) in [7, 11) is 0. The molecule has 130 valence electrons. The van der Waals surface area contributed by atoms with E-state index in [2.05, 4.69) is 56.2 Å². The average Bonchev–Trinajstić information content (AvgIpc) is 2.33. The summed E-state index contributed by atoms with van der Waals surface area (Å²) in [5.74, 6) is 0. The maximum atomic E-state index is 5.99. The molecule has 0 saturated carbocycles. The normalized spacial score (nSPS) is 23.7. The molecule has 0 unspecified atom stereocenters. The predicted octanol–water partition coefficient (Wildman–Crippen LogP) is 2.29. The molecule has 0 N–H and O–H groups in total. The molecule has 0 aliphatic carbocycles. The van der Waals surface area contributed by atoms with Crippen molar-refractivity contribution in [3.63, 3.8) is 0 Å². The smallest absolute Gasteiger partial charge is 0.0835 e. The van der Waals surface area contributed by atoms with Gasteiger partial charge in [-0.1, -0.05) is 0 Å². The van der Waals surface area contributed by atoms with E-state index in [1.165, 1.54) is 45.7 Å². The van der Waals surface area contributed by atoms with Crippen LogP contribution in [0.4, 0.5) is 0 Å². The first-order valence-corrected chi connectivity index (χ1v) is 9.01. The van der Waals surface area contributed by atoms with Crippen molar-refractivity contribution in [2.24, 2.45) is 0 Å². The summed E-state index contributed by atoms with van der Waals surface area (Å²) in [6, 6.07) is 0. The largest absolute Gasteiger partial charge is 0.370 e. The Morgan fingerprint density at radius 3 is 1.86 bits per heavy atom. The highest BCUT2D eigenvalue weighted by Gasteiger charge is 2.30. The highest BCUT2D eigenvalue weighted by Crippen LogP contribution is 2.19. The minimum absolute atomic E-state index is 0.00346. The van der Waals surface area contributed by atoms with E-state index in [4.69, 9.17) is 4.74 Å². The molecular formula is C18H37N3O. The van der Waals surface area contributed by atoms with Crippen molar-refractivity contribution in [3.8, 4) is 0 Å². The van der Waals surface area contributed by atoms with Gasteiger partial charge in [0.1, 0.15) is 0 Å². The molecule has 0 amide bonds. The second-order valence-electron chi connectivity index (χ2n) is 8.96. The molecule has 2 aliphatic rings. The second-order valence-corrected chi connectivity index (χ2v) is 8.96. The zero-order chi connectivity index (χ0) is 16.4. The van der Waals surface area contributed by atoms with Gasteiger partial charge in [-0.25, -0.2) is 0 Å². The van der Waals surface area contributed by atoms with Gasteiger partial charge in [-0.2, -0.15) is 0 Å². The van der Waals surface area contributed by atoms with Gasteiger partial charge in [0.2, 0.25) is 0 Å². The highest BCUT2D eigenvalue weighted by molar-refractivity contribution is 4.84. The van der Waals surface area contributed by atoms with Gasteiger partial charge in [0.15, 0.2) is 0 Å². The number of rotatable bonds is 5. The van der Waals surface area contributed by atoms with Gasteiger partial charge in [0.25, 0.3) is 0 Å². The Morgan fingerprint density at radius 1 is 0.818 bits per heavy atom. The van der Waals surface area contributed by atoms with E-state index in [1.807, 2.05) is 0 Å². The Bertz CT molecular complexity index is 331. The standard InChI is InChI=1S/C18H37N3O/c1-17(2,3)21-12-10-19(11-13-21)8-7-9-20-14-16(15-20)22-18(4,5)6/h16H,7-15H2,1-6H3. The molecule has 22 heavy (non-hydrogen) atoms. The molecule has 0 aromatic carbocycles. The zero-order valence-corrected chi connectivity index (χ0v) is 15.7. The Balaban J connectivity index is 1.53. The van der Waals surface area contributed by atoms with E-state index in [0.717, 1.165) is 13.1 Å². The minimum Gasteiger partial charge on any atom is -0.370 e. The summed E-state index contributed by atoms with van der Waals surface area (Å²) in [6.07, 6.45) is 1.74. The third-order valence-corrected chi connectivity index (χ3v) is 4.71. The van der Waals surface area contributed by atoms with Crippen LogP contribution >= 0.6 is 0 Å². The average molecular weight is 312 g/mol. The van der Waals surface area contributed by atoms with Crippen LogP contribution in [0.5, 0.6) is 0 Å². The lowest BCUT2D eigenvalue weighted by molar-refractivity contribution is -0.124. The fourth-order valence-corrected chi connectivity index (χ4v) is 3.44. The van der Waals surface area contributed by atoms with Crippen LogP contribution in [0.25, 0.3) is 0 Å². The van der Waals surface area contributed by atoms with Gasteiger partial charge in [0.05, 0.1) is 11.7 Å². The van der Waals surface area contributed by atoms with Gasteiger partial charge >= 0.3 is 0 Å². The SMILES string of the molecule is CC(C)(C)OC1CN(CCCN2CCN(C(C)(C)C)CC2)C1. The molecule has 0 bridgehead atoms. The van der Waals surface area contributed by atoms with E-state index in [1.54, 1.807) is 0 Å². The first-order valence-electron chi connectivity index (χ1n) is 9.01. The summed E-state index contributed by atoms with van der Waals surface area (Å²) in [5.41, 5.74) is 0.329. The Kier molecular flexibility index (Phi) is 5.92. The van der Waals surface area contributed by atoms with Crippen molar-refractivity contribution in [2.75, 3.05) is 52.4 Å². The number of hydrogen-bond donors (Lipinski definition) is 0. The summed E-state index contributed by atoms with van der Waals surface area (Å²) in [6.45, 7) is 23.0. The summed E-state index contributed by atoms with van der Waals surface area (Å²) < 4.78 is 5.99. The number of piperazine rings is 1. The van der Waals surface area contributed by atoms with Crippen molar-refractivity contribution in [2.45, 2.75) is 65.2 Å². The van der Waals surface area contributed by atoms with Gasteiger partial charge < -0.3 is 9.64 Å². The van der Waals surface area contributed by atoms with Gasteiger partial charge in [-0.05, 0) is 61.1 Å². The molecular weight excluding hydrogens is 274 g/mol. The summed E-state index contributed by atoms with van der Waals surface area (Å²) in [4.78, 5) is 7.76. The first kappa shape index (κ1) is 18.2. The van der Waals surface area contributed by atoms with E-state index in [-0.39, 0.29) is 5.60 Å². The highest BCUT2D eigenvalue weighted by atomic mass is 16.5. The first-order chi connectivity index (χ1) is 10.1. The van der Waals surface area contributed by atoms with Gasteiger partial charge in [-0.3, -0.25) is 9.80 Å². The van der Waals surface area contributed by atoms with E-state index >= 15 is 0 Å². The lowest BCUT2D eigenvalue weighted by atomic mass is 10.0. The quantitative estimate of drug-likeness (QED) is 0.775. The maximum absolute atomic E-state index is 5.99. The number of likely N-dealkylation sites (tertiary alicyclic amines) is 1. The van der Waals surface area contributed by atoms with Gasteiger partial charge in [-0.15, -0.1) is 0 Å². The van der Waals surface area contributed by atoms with Crippen LogP contribution in [0.3, 0.4) is 0 Å². The van der Waals surface area contributed by atoms with Crippen LogP contribution in [0, 0.1) is 0 Å². The number of ether oxygens (including phenoxy) is 1. The van der Waals surface area contributed by atoms with Crippen molar-refractivity contribution in [1.29, 1.82) is 0 Å². The molecule has 2 saturated heterocycles. The molecule has 2 fully saturated rings. The molecule has 0 aromatic heterocycles. The van der Waals surface area contributed by atoms with E-state index in [9.17, 15) is 0 Å². The minimum atomic E-state index is 0.00346.